The second-order valence-corrected chi connectivity index (χ2v) is 6.41. The predicted octanol–water partition coefficient (Wildman–Crippen LogP) is 3.48. The fourth-order valence-electron chi connectivity index (χ4n) is 3.05. The van der Waals surface area contributed by atoms with E-state index in [1.165, 1.54) is 12.0 Å². The number of carbonyl (C=O) groups excluding carboxylic acids is 1. The molecule has 1 aliphatic rings. The Bertz CT molecular complexity index is 461. The Morgan fingerprint density at radius 2 is 1.76 bits per heavy atom. The lowest BCUT2D eigenvalue weighted by Crippen LogP contribution is -2.44. The van der Waals surface area contributed by atoms with E-state index in [4.69, 9.17) is 0 Å². The summed E-state index contributed by atoms with van der Waals surface area (Å²) < 4.78 is 0. The van der Waals surface area contributed by atoms with Crippen LogP contribution in [0.5, 0.6) is 0 Å². The zero-order chi connectivity index (χ0) is 15.4. The van der Waals surface area contributed by atoms with Crippen LogP contribution in [-0.4, -0.2) is 31.1 Å². The van der Waals surface area contributed by atoms with Gasteiger partial charge in [-0.15, -0.1) is 0 Å². The molecular weight excluding hydrogens is 262 g/mol. The summed E-state index contributed by atoms with van der Waals surface area (Å²) in [6.07, 6.45) is 1.21. The number of hydrogen-bond donors (Lipinski definition) is 2. The van der Waals surface area contributed by atoms with Crippen LogP contribution in [0.3, 0.4) is 0 Å². The highest BCUT2D eigenvalue weighted by Gasteiger charge is 2.25. The maximum absolute atomic E-state index is 12.3. The number of hydrogen-bond acceptors (Lipinski definition) is 2. The van der Waals surface area contributed by atoms with Crippen molar-refractivity contribution in [3.63, 3.8) is 0 Å². The van der Waals surface area contributed by atoms with E-state index in [2.05, 4.69) is 43.5 Å². The highest BCUT2D eigenvalue weighted by molar-refractivity contribution is 5.89. The molecule has 0 aromatic heterocycles. The quantitative estimate of drug-likeness (QED) is 0.895. The standard InChI is InChI=1S/C17H27N3O/c1-12-9-13(2)11-20(10-12)17(21)19-16-7-5-15(6-8-16)14(3)18-4/h5-8,12-14,18H,9-11H2,1-4H3,(H,19,21). The van der Waals surface area contributed by atoms with E-state index in [1.807, 2.05) is 24.1 Å². The number of urea groups is 1. The molecule has 4 nitrogen and oxygen atoms in total. The molecule has 0 spiro atoms. The average Bonchev–Trinajstić information content (AvgIpc) is 2.46. The van der Waals surface area contributed by atoms with Crippen molar-refractivity contribution in [3.05, 3.63) is 29.8 Å². The zero-order valence-electron chi connectivity index (χ0n) is 13.5. The molecule has 2 amide bonds. The van der Waals surface area contributed by atoms with Crippen LogP contribution in [-0.2, 0) is 0 Å². The third-order valence-corrected chi connectivity index (χ3v) is 4.25. The van der Waals surface area contributed by atoms with Crippen LogP contribution in [0.1, 0.15) is 38.8 Å². The van der Waals surface area contributed by atoms with Crippen molar-refractivity contribution >= 4 is 11.7 Å². The number of piperidine rings is 1. The smallest absolute Gasteiger partial charge is 0.321 e. The lowest BCUT2D eigenvalue weighted by Gasteiger charge is -2.34. The lowest BCUT2D eigenvalue weighted by atomic mass is 9.92. The molecule has 0 bridgehead atoms. The van der Waals surface area contributed by atoms with Gasteiger partial charge in [-0.05, 0) is 49.9 Å². The van der Waals surface area contributed by atoms with Gasteiger partial charge in [0.05, 0.1) is 0 Å². The Kier molecular flexibility index (Phi) is 5.23. The topological polar surface area (TPSA) is 44.4 Å². The molecule has 21 heavy (non-hydrogen) atoms. The summed E-state index contributed by atoms with van der Waals surface area (Å²) in [4.78, 5) is 14.3. The molecule has 1 aromatic carbocycles. The van der Waals surface area contributed by atoms with Crippen LogP contribution < -0.4 is 10.6 Å². The molecule has 3 atom stereocenters. The van der Waals surface area contributed by atoms with E-state index in [0.717, 1.165) is 18.8 Å². The highest BCUT2D eigenvalue weighted by Crippen LogP contribution is 2.22. The number of likely N-dealkylation sites (tertiary alicyclic amines) is 1. The molecule has 3 unspecified atom stereocenters. The Morgan fingerprint density at radius 3 is 2.29 bits per heavy atom. The van der Waals surface area contributed by atoms with E-state index < -0.39 is 0 Å². The van der Waals surface area contributed by atoms with E-state index in [-0.39, 0.29) is 6.03 Å². The summed E-state index contributed by atoms with van der Waals surface area (Å²) in [6, 6.07) is 8.38. The summed E-state index contributed by atoms with van der Waals surface area (Å²) in [5, 5.41) is 6.21. The monoisotopic (exact) mass is 289 g/mol. The molecule has 2 rings (SSSR count). The minimum absolute atomic E-state index is 0.0165. The van der Waals surface area contributed by atoms with Gasteiger partial charge in [-0.2, -0.15) is 0 Å². The van der Waals surface area contributed by atoms with Gasteiger partial charge in [0.15, 0.2) is 0 Å². The molecule has 1 aromatic rings. The number of amides is 2. The van der Waals surface area contributed by atoms with Crippen molar-refractivity contribution in [2.24, 2.45) is 11.8 Å². The lowest BCUT2D eigenvalue weighted by molar-refractivity contribution is 0.156. The van der Waals surface area contributed by atoms with Crippen molar-refractivity contribution in [1.82, 2.24) is 10.2 Å². The van der Waals surface area contributed by atoms with Gasteiger partial charge >= 0.3 is 6.03 Å². The molecular formula is C17H27N3O. The number of carbonyl (C=O) groups is 1. The first-order valence-electron chi connectivity index (χ1n) is 7.82. The first-order valence-corrected chi connectivity index (χ1v) is 7.82. The minimum atomic E-state index is 0.0165. The van der Waals surface area contributed by atoms with Gasteiger partial charge in [0.2, 0.25) is 0 Å². The van der Waals surface area contributed by atoms with Gasteiger partial charge in [-0.1, -0.05) is 26.0 Å². The second kappa shape index (κ2) is 6.94. The number of rotatable bonds is 3. The van der Waals surface area contributed by atoms with Gasteiger partial charge in [0.1, 0.15) is 0 Å². The third-order valence-electron chi connectivity index (χ3n) is 4.25. The Labute approximate surface area is 127 Å². The summed E-state index contributed by atoms with van der Waals surface area (Å²) in [7, 11) is 1.94. The summed E-state index contributed by atoms with van der Waals surface area (Å²) >= 11 is 0. The Morgan fingerprint density at radius 1 is 1.19 bits per heavy atom. The molecule has 1 saturated heterocycles. The minimum Gasteiger partial charge on any atom is -0.324 e. The van der Waals surface area contributed by atoms with Gasteiger partial charge in [0, 0.05) is 24.8 Å². The number of nitrogens with one attached hydrogen (secondary N) is 2. The van der Waals surface area contributed by atoms with Gasteiger partial charge < -0.3 is 15.5 Å². The fraction of sp³-hybridized carbons (Fsp3) is 0.588. The molecule has 2 N–H and O–H groups in total. The van der Waals surface area contributed by atoms with Crippen LogP contribution in [0.2, 0.25) is 0 Å². The van der Waals surface area contributed by atoms with E-state index >= 15 is 0 Å². The largest absolute Gasteiger partial charge is 0.324 e. The van der Waals surface area contributed by atoms with Crippen molar-refractivity contribution in [2.75, 3.05) is 25.5 Å². The Balaban J connectivity index is 1.96. The predicted molar refractivity (Wildman–Crippen MR) is 87.5 cm³/mol. The van der Waals surface area contributed by atoms with Crippen molar-refractivity contribution in [3.8, 4) is 0 Å². The average molecular weight is 289 g/mol. The van der Waals surface area contributed by atoms with Gasteiger partial charge in [0.25, 0.3) is 0 Å². The molecule has 4 heteroatoms. The molecule has 116 valence electrons. The van der Waals surface area contributed by atoms with Crippen LogP contribution in [0.25, 0.3) is 0 Å². The first-order chi connectivity index (χ1) is 9.99. The summed E-state index contributed by atoms with van der Waals surface area (Å²) in [5.41, 5.74) is 2.08. The van der Waals surface area contributed by atoms with Gasteiger partial charge in [-0.25, -0.2) is 4.79 Å². The molecule has 0 saturated carbocycles. The van der Waals surface area contributed by atoms with Crippen molar-refractivity contribution < 1.29 is 4.79 Å². The SMILES string of the molecule is CNC(C)c1ccc(NC(=O)N2CC(C)CC(C)C2)cc1. The maximum Gasteiger partial charge on any atom is 0.321 e. The van der Waals surface area contributed by atoms with Crippen molar-refractivity contribution in [2.45, 2.75) is 33.2 Å². The molecule has 0 radical (unpaired) electrons. The van der Waals surface area contributed by atoms with Crippen LogP contribution in [0.4, 0.5) is 10.5 Å². The Hall–Kier alpha value is -1.55. The number of anilines is 1. The first kappa shape index (κ1) is 15.8. The highest BCUT2D eigenvalue weighted by atomic mass is 16.2. The molecule has 1 aliphatic heterocycles. The van der Waals surface area contributed by atoms with E-state index in [9.17, 15) is 4.79 Å². The molecule has 1 fully saturated rings. The van der Waals surface area contributed by atoms with E-state index in [1.54, 1.807) is 0 Å². The zero-order valence-corrected chi connectivity index (χ0v) is 13.5. The second-order valence-electron chi connectivity index (χ2n) is 6.41. The molecule has 0 aliphatic carbocycles. The van der Waals surface area contributed by atoms with Crippen molar-refractivity contribution in [1.29, 1.82) is 0 Å². The normalized spacial score (nSPS) is 23.7. The van der Waals surface area contributed by atoms with E-state index in [0.29, 0.717) is 17.9 Å². The van der Waals surface area contributed by atoms with Crippen LogP contribution in [0, 0.1) is 11.8 Å². The maximum atomic E-state index is 12.3. The van der Waals surface area contributed by atoms with Gasteiger partial charge in [-0.3, -0.25) is 0 Å². The summed E-state index contributed by atoms with van der Waals surface area (Å²) in [6.45, 7) is 8.24. The van der Waals surface area contributed by atoms with Crippen LogP contribution in [0.15, 0.2) is 24.3 Å². The summed E-state index contributed by atoms with van der Waals surface area (Å²) in [5.74, 6) is 1.16. The number of nitrogens with zero attached hydrogens (tertiary/aromatic N) is 1. The third kappa shape index (κ3) is 4.21. The fourth-order valence-corrected chi connectivity index (χ4v) is 3.05. The van der Waals surface area contributed by atoms with Crippen LogP contribution >= 0.6 is 0 Å². The number of benzene rings is 1. The molecule has 1 heterocycles.